The van der Waals surface area contributed by atoms with Gasteiger partial charge in [0.25, 0.3) is 0 Å². The third kappa shape index (κ3) is 3.30. The number of hydrogen-bond donors (Lipinski definition) is 4. The zero-order chi connectivity index (χ0) is 17.9. The number of aromatic amines is 1. The highest BCUT2D eigenvalue weighted by Crippen LogP contribution is 2.30. The van der Waals surface area contributed by atoms with Crippen molar-refractivity contribution in [2.45, 2.75) is 6.54 Å². The highest BCUT2D eigenvalue weighted by molar-refractivity contribution is 6.30. The van der Waals surface area contributed by atoms with Gasteiger partial charge in [-0.3, -0.25) is 5.10 Å². The third-order valence-electron chi connectivity index (χ3n) is 3.90. The SMILES string of the molecule is NCc1ccc(Nc2n[nH]c3ncnc(Nc4cccc(Cl)c4)c23)cc1. The summed E-state index contributed by atoms with van der Waals surface area (Å²) in [5, 5.41) is 15.2. The minimum absolute atomic E-state index is 0.507. The number of hydrogen-bond acceptors (Lipinski definition) is 6. The molecule has 130 valence electrons. The molecule has 0 aliphatic rings. The largest absolute Gasteiger partial charge is 0.339 e. The Kier molecular flexibility index (Phi) is 4.39. The molecular weight excluding hydrogens is 350 g/mol. The van der Waals surface area contributed by atoms with E-state index in [0.717, 1.165) is 22.3 Å². The lowest BCUT2D eigenvalue weighted by Crippen LogP contribution is -1.98. The topological polar surface area (TPSA) is 105 Å². The normalized spacial score (nSPS) is 10.8. The molecule has 2 aromatic heterocycles. The van der Waals surface area contributed by atoms with Crippen LogP contribution in [0.4, 0.5) is 23.0 Å². The van der Waals surface area contributed by atoms with Crippen LogP contribution in [-0.4, -0.2) is 20.2 Å². The van der Waals surface area contributed by atoms with Crippen molar-refractivity contribution in [1.29, 1.82) is 0 Å². The van der Waals surface area contributed by atoms with Crippen LogP contribution in [0, 0.1) is 0 Å². The summed E-state index contributed by atoms with van der Waals surface area (Å²) in [6, 6.07) is 15.3. The van der Waals surface area contributed by atoms with Gasteiger partial charge in [0, 0.05) is 22.9 Å². The van der Waals surface area contributed by atoms with Gasteiger partial charge in [0.05, 0.1) is 0 Å². The lowest BCUT2D eigenvalue weighted by molar-refractivity contribution is 1.07. The fourth-order valence-electron chi connectivity index (χ4n) is 2.61. The first-order valence-electron chi connectivity index (χ1n) is 8.00. The number of aromatic nitrogens is 4. The molecular formula is C18H16ClN7. The highest BCUT2D eigenvalue weighted by atomic mass is 35.5. The molecule has 4 rings (SSSR count). The molecule has 2 aromatic carbocycles. The number of rotatable bonds is 5. The van der Waals surface area contributed by atoms with Crippen molar-refractivity contribution < 1.29 is 0 Å². The third-order valence-corrected chi connectivity index (χ3v) is 4.13. The molecule has 0 radical (unpaired) electrons. The zero-order valence-corrected chi connectivity index (χ0v) is 14.5. The van der Waals surface area contributed by atoms with E-state index in [1.165, 1.54) is 6.33 Å². The van der Waals surface area contributed by atoms with Crippen LogP contribution in [0.3, 0.4) is 0 Å². The van der Waals surface area contributed by atoms with Gasteiger partial charge in [-0.25, -0.2) is 9.97 Å². The van der Waals surface area contributed by atoms with E-state index in [1.807, 2.05) is 48.5 Å². The Hall–Kier alpha value is -3.16. The van der Waals surface area contributed by atoms with E-state index in [1.54, 1.807) is 0 Å². The van der Waals surface area contributed by atoms with Crippen molar-refractivity contribution in [3.8, 4) is 0 Å². The van der Waals surface area contributed by atoms with E-state index in [4.69, 9.17) is 17.3 Å². The maximum Gasteiger partial charge on any atom is 0.165 e. The van der Waals surface area contributed by atoms with Crippen LogP contribution in [0.25, 0.3) is 11.0 Å². The van der Waals surface area contributed by atoms with E-state index in [0.29, 0.717) is 28.9 Å². The van der Waals surface area contributed by atoms with E-state index in [-0.39, 0.29) is 0 Å². The minimum atomic E-state index is 0.507. The molecule has 0 fully saturated rings. The van der Waals surface area contributed by atoms with E-state index in [2.05, 4.69) is 30.8 Å². The molecule has 0 bridgehead atoms. The lowest BCUT2D eigenvalue weighted by Gasteiger charge is -2.09. The van der Waals surface area contributed by atoms with Crippen molar-refractivity contribution in [2.24, 2.45) is 5.73 Å². The fraction of sp³-hybridized carbons (Fsp3) is 0.0556. The van der Waals surface area contributed by atoms with Crippen molar-refractivity contribution in [3.05, 3.63) is 65.4 Å². The molecule has 7 nitrogen and oxygen atoms in total. The van der Waals surface area contributed by atoms with Crippen molar-refractivity contribution in [1.82, 2.24) is 20.2 Å². The molecule has 0 atom stereocenters. The average molecular weight is 366 g/mol. The van der Waals surface area contributed by atoms with Crippen LogP contribution in [-0.2, 0) is 6.54 Å². The number of nitrogens with zero attached hydrogens (tertiary/aromatic N) is 3. The lowest BCUT2D eigenvalue weighted by atomic mass is 10.2. The number of nitrogens with one attached hydrogen (secondary N) is 3. The van der Waals surface area contributed by atoms with Crippen LogP contribution < -0.4 is 16.4 Å². The number of benzene rings is 2. The molecule has 0 saturated heterocycles. The van der Waals surface area contributed by atoms with Crippen molar-refractivity contribution >= 4 is 45.6 Å². The summed E-state index contributed by atoms with van der Waals surface area (Å²) in [5.74, 6) is 1.26. The Morgan fingerprint density at radius 1 is 0.962 bits per heavy atom. The predicted octanol–water partition coefficient (Wildman–Crippen LogP) is 3.95. The second-order valence-corrected chi connectivity index (χ2v) is 6.12. The monoisotopic (exact) mass is 365 g/mol. The van der Waals surface area contributed by atoms with Gasteiger partial charge in [-0.15, -0.1) is 0 Å². The number of halogens is 1. The Bertz CT molecular complexity index is 1040. The summed E-state index contributed by atoms with van der Waals surface area (Å²) >= 11 is 6.06. The summed E-state index contributed by atoms with van der Waals surface area (Å²) in [4.78, 5) is 8.59. The van der Waals surface area contributed by atoms with Gasteiger partial charge < -0.3 is 16.4 Å². The molecule has 2 heterocycles. The summed E-state index contributed by atoms with van der Waals surface area (Å²) < 4.78 is 0. The predicted molar refractivity (Wildman–Crippen MR) is 104 cm³/mol. The quantitative estimate of drug-likeness (QED) is 0.427. The standard InChI is InChI=1S/C18H16ClN7/c19-12-2-1-3-14(8-12)24-16-15-17(22-10-21-16)25-26-18(15)23-13-6-4-11(9-20)5-7-13/h1-8,10H,9,20H2,(H3,21,22,23,24,25,26). The van der Waals surface area contributed by atoms with Crippen molar-refractivity contribution in [3.63, 3.8) is 0 Å². The molecule has 0 aliphatic heterocycles. The molecule has 0 aliphatic carbocycles. The van der Waals surface area contributed by atoms with Crippen LogP contribution in [0.5, 0.6) is 0 Å². The smallest absolute Gasteiger partial charge is 0.165 e. The van der Waals surface area contributed by atoms with E-state index >= 15 is 0 Å². The van der Waals surface area contributed by atoms with Crippen LogP contribution in [0.2, 0.25) is 5.02 Å². The van der Waals surface area contributed by atoms with Crippen LogP contribution >= 0.6 is 11.6 Å². The first kappa shape index (κ1) is 16.3. The average Bonchev–Trinajstić information content (AvgIpc) is 3.06. The molecule has 0 amide bonds. The first-order chi connectivity index (χ1) is 12.7. The Balaban J connectivity index is 1.69. The van der Waals surface area contributed by atoms with Gasteiger partial charge in [-0.1, -0.05) is 29.8 Å². The number of anilines is 4. The number of fused-ring (bicyclic) bond motifs is 1. The van der Waals surface area contributed by atoms with E-state index < -0.39 is 0 Å². The molecule has 0 spiro atoms. The summed E-state index contributed by atoms with van der Waals surface area (Å²) in [7, 11) is 0. The second kappa shape index (κ2) is 6.99. The molecule has 0 saturated carbocycles. The highest BCUT2D eigenvalue weighted by Gasteiger charge is 2.13. The van der Waals surface area contributed by atoms with Gasteiger partial charge in [0.15, 0.2) is 11.5 Å². The van der Waals surface area contributed by atoms with Gasteiger partial charge in [-0.05, 0) is 35.9 Å². The zero-order valence-electron chi connectivity index (χ0n) is 13.7. The molecule has 8 heteroatoms. The minimum Gasteiger partial charge on any atom is -0.339 e. The van der Waals surface area contributed by atoms with E-state index in [9.17, 15) is 0 Å². The maximum absolute atomic E-state index is 6.06. The first-order valence-corrected chi connectivity index (χ1v) is 8.38. The summed E-state index contributed by atoms with van der Waals surface area (Å²) in [6.45, 7) is 0.507. The Labute approximate surface area is 154 Å². The van der Waals surface area contributed by atoms with Crippen LogP contribution in [0.15, 0.2) is 54.9 Å². The molecule has 0 unspecified atom stereocenters. The molecule has 26 heavy (non-hydrogen) atoms. The Morgan fingerprint density at radius 2 is 1.77 bits per heavy atom. The number of H-pyrrole nitrogens is 1. The van der Waals surface area contributed by atoms with Gasteiger partial charge in [0.1, 0.15) is 17.5 Å². The van der Waals surface area contributed by atoms with Gasteiger partial charge in [-0.2, -0.15) is 5.10 Å². The molecule has 4 aromatic rings. The summed E-state index contributed by atoms with van der Waals surface area (Å²) in [6.07, 6.45) is 1.48. The number of nitrogens with two attached hydrogens (primary N) is 1. The van der Waals surface area contributed by atoms with Gasteiger partial charge in [0.2, 0.25) is 0 Å². The fourth-order valence-corrected chi connectivity index (χ4v) is 2.80. The Morgan fingerprint density at radius 3 is 2.54 bits per heavy atom. The molecule has 5 N–H and O–H groups in total. The second-order valence-electron chi connectivity index (χ2n) is 5.68. The maximum atomic E-state index is 6.06. The summed E-state index contributed by atoms with van der Waals surface area (Å²) in [5.41, 5.74) is 9.06. The van der Waals surface area contributed by atoms with Gasteiger partial charge >= 0.3 is 0 Å². The van der Waals surface area contributed by atoms with Crippen LogP contribution in [0.1, 0.15) is 5.56 Å². The van der Waals surface area contributed by atoms with Crippen molar-refractivity contribution in [2.75, 3.05) is 10.6 Å².